The molecule has 0 aliphatic rings. The van der Waals surface area contributed by atoms with Crippen molar-refractivity contribution in [3.05, 3.63) is 71.8 Å². The summed E-state index contributed by atoms with van der Waals surface area (Å²) in [6.07, 6.45) is 4.93. The molecule has 0 atom stereocenters. The minimum atomic E-state index is -0.0942. The van der Waals surface area contributed by atoms with Crippen molar-refractivity contribution in [2.75, 3.05) is 0 Å². The van der Waals surface area contributed by atoms with Gasteiger partial charge in [-0.2, -0.15) is 5.10 Å². The molecular weight excluding hydrogens is 310 g/mol. The molecule has 3 aromatic rings. The summed E-state index contributed by atoms with van der Waals surface area (Å²) >= 11 is 1.57. The summed E-state index contributed by atoms with van der Waals surface area (Å²) in [4.78, 5) is 20.2. The highest BCUT2D eigenvalue weighted by Gasteiger charge is 2.06. The van der Waals surface area contributed by atoms with E-state index in [0.29, 0.717) is 12.1 Å². The number of thioether (sulfide) groups is 1. The summed E-state index contributed by atoms with van der Waals surface area (Å²) in [5, 5.41) is 10.3. The van der Waals surface area contributed by atoms with Crippen LogP contribution in [0.4, 0.5) is 0 Å². The van der Waals surface area contributed by atoms with Gasteiger partial charge in [-0.1, -0.05) is 30.0 Å². The van der Waals surface area contributed by atoms with E-state index in [9.17, 15) is 4.79 Å². The highest BCUT2D eigenvalue weighted by molar-refractivity contribution is 7.98. The Kier molecular flexibility index (Phi) is 5.00. The van der Waals surface area contributed by atoms with Gasteiger partial charge < -0.3 is 5.32 Å². The van der Waals surface area contributed by atoms with E-state index in [0.717, 1.165) is 22.0 Å². The Bertz CT molecular complexity index is 744. The van der Waals surface area contributed by atoms with Crippen molar-refractivity contribution in [2.45, 2.75) is 17.5 Å². The first-order chi connectivity index (χ1) is 11.3. The van der Waals surface area contributed by atoms with E-state index in [1.807, 2.05) is 36.4 Å². The number of aromatic nitrogens is 4. The molecule has 2 N–H and O–H groups in total. The number of rotatable bonds is 6. The number of hydrogen-bond acceptors (Lipinski definition) is 5. The molecule has 0 radical (unpaired) electrons. The Morgan fingerprint density at radius 2 is 2.04 bits per heavy atom. The first-order valence-corrected chi connectivity index (χ1v) is 8.04. The molecule has 0 fully saturated rings. The minimum absolute atomic E-state index is 0.0942. The molecule has 6 nitrogen and oxygen atoms in total. The average molecular weight is 325 g/mol. The van der Waals surface area contributed by atoms with Crippen LogP contribution in [0, 0.1) is 0 Å². The number of amides is 1. The van der Waals surface area contributed by atoms with Gasteiger partial charge in [-0.3, -0.25) is 14.9 Å². The van der Waals surface area contributed by atoms with Gasteiger partial charge in [-0.05, 0) is 29.3 Å². The second-order valence-electron chi connectivity index (χ2n) is 4.82. The number of carbonyl (C=O) groups excluding carboxylic acids is 1. The van der Waals surface area contributed by atoms with E-state index < -0.39 is 0 Å². The Hall–Kier alpha value is -2.67. The van der Waals surface area contributed by atoms with Crippen molar-refractivity contribution in [1.82, 2.24) is 25.5 Å². The summed E-state index contributed by atoms with van der Waals surface area (Å²) in [6, 6.07) is 11.3. The molecule has 3 rings (SSSR count). The maximum Gasteiger partial charge on any atom is 0.251 e. The number of aromatic amines is 1. The number of carbonyl (C=O) groups is 1. The first kappa shape index (κ1) is 15.2. The molecule has 2 aromatic heterocycles. The van der Waals surface area contributed by atoms with Crippen molar-refractivity contribution < 1.29 is 4.79 Å². The zero-order valence-electron chi connectivity index (χ0n) is 12.3. The average Bonchev–Trinajstić information content (AvgIpc) is 3.13. The van der Waals surface area contributed by atoms with E-state index in [2.05, 4.69) is 25.5 Å². The van der Waals surface area contributed by atoms with Crippen LogP contribution in [0.15, 0.2) is 60.3 Å². The number of nitrogens with zero attached hydrogens (tertiary/aromatic N) is 3. The maximum absolute atomic E-state index is 12.1. The van der Waals surface area contributed by atoms with Crippen LogP contribution >= 0.6 is 11.8 Å². The van der Waals surface area contributed by atoms with Crippen LogP contribution in [-0.4, -0.2) is 26.1 Å². The van der Waals surface area contributed by atoms with Crippen LogP contribution in [0.3, 0.4) is 0 Å². The summed E-state index contributed by atoms with van der Waals surface area (Å²) in [6.45, 7) is 0.468. The predicted molar refractivity (Wildman–Crippen MR) is 87.8 cm³/mol. The molecule has 0 saturated heterocycles. The number of pyridine rings is 1. The predicted octanol–water partition coefficient (Wildman–Crippen LogP) is 2.42. The van der Waals surface area contributed by atoms with Crippen LogP contribution in [0.1, 0.15) is 21.5 Å². The number of hydrogen-bond donors (Lipinski definition) is 2. The minimum Gasteiger partial charge on any atom is -0.348 e. The lowest BCUT2D eigenvalue weighted by molar-refractivity contribution is 0.0951. The third kappa shape index (κ3) is 4.40. The van der Waals surface area contributed by atoms with E-state index in [-0.39, 0.29) is 5.91 Å². The van der Waals surface area contributed by atoms with E-state index >= 15 is 0 Å². The van der Waals surface area contributed by atoms with E-state index in [1.165, 1.54) is 6.33 Å². The molecule has 0 bridgehead atoms. The number of benzene rings is 1. The quantitative estimate of drug-likeness (QED) is 0.680. The molecule has 1 aromatic carbocycles. The van der Waals surface area contributed by atoms with Crippen LogP contribution in [0.25, 0.3) is 0 Å². The fraction of sp³-hybridized carbons (Fsp3) is 0.125. The lowest BCUT2D eigenvalue weighted by Crippen LogP contribution is -2.22. The third-order valence-corrected chi connectivity index (χ3v) is 4.11. The molecule has 0 aliphatic heterocycles. The largest absolute Gasteiger partial charge is 0.348 e. The Morgan fingerprint density at radius 1 is 1.17 bits per heavy atom. The van der Waals surface area contributed by atoms with E-state index in [4.69, 9.17) is 0 Å². The van der Waals surface area contributed by atoms with Crippen molar-refractivity contribution >= 4 is 17.7 Å². The highest BCUT2D eigenvalue weighted by Crippen LogP contribution is 2.18. The maximum atomic E-state index is 12.1. The Morgan fingerprint density at radius 3 is 2.74 bits per heavy atom. The number of H-pyrrole nitrogens is 1. The summed E-state index contributed by atoms with van der Waals surface area (Å²) in [7, 11) is 0. The van der Waals surface area contributed by atoms with Crippen molar-refractivity contribution in [2.24, 2.45) is 0 Å². The molecule has 0 unspecified atom stereocenters. The van der Waals surface area contributed by atoms with Gasteiger partial charge in [-0.25, -0.2) is 4.98 Å². The zero-order valence-corrected chi connectivity index (χ0v) is 13.1. The molecule has 2 heterocycles. The summed E-state index contributed by atoms with van der Waals surface area (Å²) < 4.78 is 0. The molecule has 7 heteroatoms. The molecule has 0 spiro atoms. The topological polar surface area (TPSA) is 83.6 Å². The molecule has 1 amide bonds. The second-order valence-corrected chi connectivity index (χ2v) is 5.78. The monoisotopic (exact) mass is 325 g/mol. The number of nitrogens with one attached hydrogen (secondary N) is 2. The lowest BCUT2D eigenvalue weighted by Gasteiger charge is -2.06. The molecule has 23 heavy (non-hydrogen) atoms. The normalized spacial score (nSPS) is 10.4. The molecular formula is C16H15N5OS. The second kappa shape index (κ2) is 7.55. The van der Waals surface area contributed by atoms with Crippen LogP contribution in [-0.2, 0) is 12.3 Å². The van der Waals surface area contributed by atoms with Gasteiger partial charge in [0.15, 0.2) is 5.16 Å². The molecule has 116 valence electrons. The van der Waals surface area contributed by atoms with Crippen LogP contribution in [0.2, 0.25) is 0 Å². The van der Waals surface area contributed by atoms with Crippen molar-refractivity contribution in [3.8, 4) is 0 Å². The zero-order chi connectivity index (χ0) is 15.9. The van der Waals surface area contributed by atoms with Crippen LogP contribution in [0.5, 0.6) is 0 Å². The van der Waals surface area contributed by atoms with Gasteiger partial charge in [0.05, 0.1) is 0 Å². The Balaban J connectivity index is 1.53. The third-order valence-electron chi connectivity index (χ3n) is 3.16. The fourth-order valence-electron chi connectivity index (χ4n) is 1.95. The Labute approximate surface area is 137 Å². The fourth-order valence-corrected chi connectivity index (χ4v) is 2.69. The summed E-state index contributed by atoms with van der Waals surface area (Å²) in [5.74, 6) is 0.676. The van der Waals surface area contributed by atoms with Gasteiger partial charge in [0.25, 0.3) is 5.91 Å². The van der Waals surface area contributed by atoms with Gasteiger partial charge in [-0.15, -0.1) is 0 Å². The van der Waals surface area contributed by atoms with Crippen molar-refractivity contribution in [1.29, 1.82) is 0 Å². The van der Waals surface area contributed by atoms with Gasteiger partial charge >= 0.3 is 0 Å². The van der Waals surface area contributed by atoms with Crippen molar-refractivity contribution in [3.63, 3.8) is 0 Å². The van der Waals surface area contributed by atoms with Gasteiger partial charge in [0.1, 0.15) is 6.33 Å². The summed E-state index contributed by atoms with van der Waals surface area (Å²) in [5.41, 5.74) is 2.73. The highest BCUT2D eigenvalue weighted by atomic mass is 32.2. The standard InChI is InChI=1S/C16H15N5OS/c22-15(18-9-13-2-1-7-17-8-13)14-5-3-12(4-6-14)10-23-16-19-11-20-21-16/h1-8,11H,9-10H2,(H,18,22)(H,19,20,21). The molecule has 0 aliphatic carbocycles. The van der Waals surface area contributed by atoms with Gasteiger partial charge in [0.2, 0.25) is 0 Å². The smallest absolute Gasteiger partial charge is 0.251 e. The first-order valence-electron chi connectivity index (χ1n) is 7.05. The van der Waals surface area contributed by atoms with Crippen LogP contribution < -0.4 is 5.32 Å². The molecule has 0 saturated carbocycles. The van der Waals surface area contributed by atoms with E-state index in [1.54, 1.807) is 24.2 Å². The SMILES string of the molecule is O=C(NCc1cccnc1)c1ccc(CSc2ncn[nH]2)cc1. The van der Waals surface area contributed by atoms with Gasteiger partial charge in [0, 0.05) is 30.3 Å². The lowest BCUT2D eigenvalue weighted by atomic mass is 10.1.